The average molecular weight is 182 g/mol. The van der Waals surface area contributed by atoms with E-state index in [1.54, 1.807) is 0 Å². The Hall–Kier alpha value is 0.0649. The summed E-state index contributed by atoms with van der Waals surface area (Å²) in [5, 5.41) is 0. The predicted molar refractivity (Wildman–Crippen MR) is 65.1 cm³/mol. The predicted octanol–water partition coefficient (Wildman–Crippen LogP) is 3.67. The van der Waals surface area contributed by atoms with Gasteiger partial charge in [-0.25, -0.2) is 0 Å². The van der Waals surface area contributed by atoms with Crippen molar-refractivity contribution in [2.24, 2.45) is 10.8 Å². The molecule has 0 aliphatic carbocycles. The van der Waals surface area contributed by atoms with Crippen LogP contribution < -0.4 is 0 Å². The van der Waals surface area contributed by atoms with Gasteiger partial charge in [0, 0.05) is 0 Å². The van der Waals surface area contributed by atoms with E-state index in [9.17, 15) is 0 Å². The van der Waals surface area contributed by atoms with E-state index in [1.165, 1.54) is 19.3 Å². The zero-order valence-corrected chi connectivity index (χ0v) is 10.7. The van der Waals surface area contributed by atoms with Gasteiger partial charge in [-0.3, -0.25) is 0 Å². The lowest BCUT2D eigenvalue weighted by Crippen LogP contribution is -2.12. The van der Waals surface area contributed by atoms with Gasteiger partial charge >= 0.3 is 0 Å². The maximum Gasteiger partial charge on any atom is 0.105 e. The minimum atomic E-state index is 0.497. The molecule has 0 aromatic carbocycles. The molecule has 0 heterocycles. The fourth-order valence-electron chi connectivity index (χ4n) is 1.83. The molecule has 1 heteroatoms. The fraction of sp³-hybridized carbons (Fsp3) is 1.00. The third kappa shape index (κ3) is 9.98. The summed E-state index contributed by atoms with van der Waals surface area (Å²) < 4.78 is 0. The first kappa shape index (κ1) is 13.1. The largest absolute Gasteiger partial charge is 0.105 e. The molecule has 0 aliphatic heterocycles. The SMILES string of the molecule is BC(CCC(C)(C)C)CC(C)(C)C. The molecule has 1 atom stereocenters. The van der Waals surface area contributed by atoms with Crippen molar-refractivity contribution >= 4 is 7.85 Å². The van der Waals surface area contributed by atoms with E-state index in [0.717, 1.165) is 5.82 Å². The molecule has 0 rings (SSSR count). The second-order valence-corrected chi connectivity index (χ2v) is 6.97. The Balaban J connectivity index is 3.70. The molecule has 0 amide bonds. The van der Waals surface area contributed by atoms with Gasteiger partial charge in [0.25, 0.3) is 0 Å². The lowest BCUT2D eigenvalue weighted by molar-refractivity contribution is 0.318. The van der Waals surface area contributed by atoms with Crippen LogP contribution in [0.4, 0.5) is 0 Å². The zero-order valence-electron chi connectivity index (χ0n) is 10.7. The highest BCUT2D eigenvalue weighted by Crippen LogP contribution is 2.32. The van der Waals surface area contributed by atoms with Crippen molar-refractivity contribution in [2.75, 3.05) is 0 Å². The molecule has 0 radical (unpaired) electrons. The molecule has 0 spiro atoms. The molecule has 0 aliphatic rings. The van der Waals surface area contributed by atoms with Gasteiger partial charge in [0.15, 0.2) is 0 Å². The summed E-state index contributed by atoms with van der Waals surface area (Å²) in [6.45, 7) is 14.0. The van der Waals surface area contributed by atoms with Crippen molar-refractivity contribution < 1.29 is 0 Å². The van der Waals surface area contributed by atoms with Crippen LogP contribution in [-0.4, -0.2) is 7.85 Å². The number of rotatable bonds is 3. The summed E-state index contributed by atoms with van der Waals surface area (Å²) in [4.78, 5) is 0. The van der Waals surface area contributed by atoms with Crippen LogP contribution in [0.3, 0.4) is 0 Å². The van der Waals surface area contributed by atoms with Gasteiger partial charge in [-0.2, -0.15) is 0 Å². The molecule has 0 aromatic rings. The van der Waals surface area contributed by atoms with E-state index >= 15 is 0 Å². The van der Waals surface area contributed by atoms with Gasteiger partial charge in [-0.15, -0.1) is 0 Å². The first-order chi connectivity index (χ1) is 5.60. The van der Waals surface area contributed by atoms with Gasteiger partial charge in [-0.05, 0) is 17.3 Å². The molecule has 0 nitrogen and oxygen atoms in total. The Morgan fingerprint density at radius 3 is 1.69 bits per heavy atom. The first-order valence-electron chi connectivity index (χ1n) is 5.60. The Morgan fingerprint density at radius 2 is 1.38 bits per heavy atom. The van der Waals surface area contributed by atoms with Gasteiger partial charge in [0.1, 0.15) is 7.85 Å². The highest BCUT2D eigenvalue weighted by atomic mass is 14.2. The van der Waals surface area contributed by atoms with Gasteiger partial charge < -0.3 is 0 Å². The Morgan fingerprint density at radius 1 is 0.923 bits per heavy atom. The van der Waals surface area contributed by atoms with Crippen LogP contribution in [-0.2, 0) is 0 Å². The Kier molecular flexibility index (Phi) is 4.55. The molecule has 0 bridgehead atoms. The minimum absolute atomic E-state index is 0.497. The van der Waals surface area contributed by atoms with Crippen LogP contribution in [0, 0.1) is 10.8 Å². The third-order valence-electron chi connectivity index (χ3n) is 2.35. The van der Waals surface area contributed by atoms with E-state index in [4.69, 9.17) is 0 Å². The molecule has 78 valence electrons. The van der Waals surface area contributed by atoms with Crippen LogP contribution >= 0.6 is 0 Å². The van der Waals surface area contributed by atoms with Crippen molar-refractivity contribution in [1.29, 1.82) is 0 Å². The summed E-state index contributed by atoms with van der Waals surface area (Å²) in [5.41, 5.74) is 1.00. The molecular weight excluding hydrogens is 155 g/mol. The van der Waals surface area contributed by atoms with Crippen LogP contribution in [0.1, 0.15) is 60.8 Å². The average Bonchev–Trinajstić information content (AvgIpc) is 1.78. The highest BCUT2D eigenvalue weighted by Gasteiger charge is 2.17. The van der Waals surface area contributed by atoms with E-state index in [1.807, 2.05) is 0 Å². The van der Waals surface area contributed by atoms with Crippen molar-refractivity contribution in [3.63, 3.8) is 0 Å². The smallest absolute Gasteiger partial charge is 0.0692 e. The molecule has 0 fully saturated rings. The second-order valence-electron chi connectivity index (χ2n) is 6.97. The number of hydrogen-bond donors (Lipinski definition) is 0. The Bertz CT molecular complexity index is 136. The van der Waals surface area contributed by atoms with Crippen molar-refractivity contribution in [1.82, 2.24) is 0 Å². The van der Waals surface area contributed by atoms with Crippen molar-refractivity contribution in [3.05, 3.63) is 0 Å². The van der Waals surface area contributed by atoms with Gasteiger partial charge in [0.2, 0.25) is 0 Å². The number of hydrogen-bond acceptors (Lipinski definition) is 0. The maximum absolute atomic E-state index is 2.39. The summed E-state index contributed by atoms with van der Waals surface area (Å²) in [6, 6.07) is 0. The van der Waals surface area contributed by atoms with E-state index in [-0.39, 0.29) is 0 Å². The Labute approximate surface area is 85.9 Å². The topological polar surface area (TPSA) is 0 Å². The lowest BCUT2D eigenvalue weighted by atomic mass is 9.70. The van der Waals surface area contributed by atoms with Gasteiger partial charge in [-0.1, -0.05) is 60.2 Å². The van der Waals surface area contributed by atoms with Crippen LogP contribution in [0.5, 0.6) is 0 Å². The van der Waals surface area contributed by atoms with Crippen molar-refractivity contribution in [2.45, 2.75) is 66.6 Å². The minimum Gasteiger partial charge on any atom is -0.0692 e. The summed E-state index contributed by atoms with van der Waals surface area (Å²) in [7, 11) is 2.39. The molecule has 0 N–H and O–H groups in total. The quantitative estimate of drug-likeness (QED) is 0.584. The molecule has 0 saturated carbocycles. The van der Waals surface area contributed by atoms with Crippen molar-refractivity contribution in [3.8, 4) is 0 Å². The summed E-state index contributed by atoms with van der Waals surface area (Å²) in [5.74, 6) is 0.874. The van der Waals surface area contributed by atoms with Crippen LogP contribution in [0.2, 0.25) is 5.82 Å². The van der Waals surface area contributed by atoms with Gasteiger partial charge in [0.05, 0.1) is 0 Å². The molecule has 0 aromatic heterocycles. The highest BCUT2D eigenvalue weighted by molar-refractivity contribution is 6.11. The fourth-order valence-corrected chi connectivity index (χ4v) is 1.83. The zero-order chi connectivity index (χ0) is 10.7. The summed E-state index contributed by atoms with van der Waals surface area (Å²) >= 11 is 0. The lowest BCUT2D eigenvalue weighted by Gasteiger charge is -2.26. The first-order valence-corrected chi connectivity index (χ1v) is 5.60. The standard InChI is InChI=1S/C12H27B/c1-11(2,3)8-7-10(13)9-12(4,5)6/h10H,7-9,13H2,1-6H3. The normalized spacial score (nSPS) is 15.8. The molecule has 1 unspecified atom stereocenters. The monoisotopic (exact) mass is 182 g/mol. The van der Waals surface area contributed by atoms with Crippen LogP contribution in [0.15, 0.2) is 0 Å². The van der Waals surface area contributed by atoms with E-state index in [2.05, 4.69) is 49.4 Å². The molecule has 13 heavy (non-hydrogen) atoms. The maximum atomic E-state index is 2.39. The molecular formula is C12H27B. The molecule has 0 saturated heterocycles. The third-order valence-corrected chi connectivity index (χ3v) is 2.35. The van der Waals surface area contributed by atoms with Crippen LogP contribution in [0.25, 0.3) is 0 Å². The summed E-state index contributed by atoms with van der Waals surface area (Å²) in [6.07, 6.45) is 4.08. The second kappa shape index (κ2) is 4.53. The van der Waals surface area contributed by atoms with E-state index in [0.29, 0.717) is 10.8 Å². The van der Waals surface area contributed by atoms with E-state index < -0.39 is 0 Å².